The van der Waals surface area contributed by atoms with E-state index in [4.69, 9.17) is 5.26 Å². The molecule has 4 aromatic carbocycles. The predicted molar refractivity (Wildman–Crippen MR) is 262 cm³/mol. The van der Waals surface area contributed by atoms with Gasteiger partial charge >= 0.3 is 0 Å². The van der Waals surface area contributed by atoms with E-state index in [1.807, 2.05) is 40.1 Å². The number of rotatable bonds is 12. The van der Waals surface area contributed by atoms with Crippen molar-refractivity contribution in [3.8, 4) is 12.1 Å². The number of carbonyl (C=O) groups excluding carboxylic acids is 2. The lowest BCUT2D eigenvalue weighted by atomic mass is 10.0. The van der Waals surface area contributed by atoms with Gasteiger partial charge < -0.3 is 31.1 Å². The van der Waals surface area contributed by atoms with E-state index in [0.29, 0.717) is 55.3 Å². The molecule has 0 aromatic heterocycles. The fourth-order valence-corrected chi connectivity index (χ4v) is 9.33. The number of likely N-dealkylation sites (tertiary alicyclic amines) is 2. The highest BCUT2D eigenvalue weighted by Crippen LogP contribution is 2.22. The van der Waals surface area contributed by atoms with Gasteiger partial charge in [0, 0.05) is 108 Å². The summed E-state index contributed by atoms with van der Waals surface area (Å²) in [4.78, 5) is 34.5. The number of amides is 2. The fraction of sp³-hybridized carbons (Fsp3) is 0.462. The van der Waals surface area contributed by atoms with Gasteiger partial charge in [-0.3, -0.25) is 19.4 Å². The third kappa shape index (κ3) is 14.7. The van der Waals surface area contributed by atoms with Gasteiger partial charge in [0.2, 0.25) is 11.8 Å². The Morgan fingerprint density at radius 2 is 1.08 bits per heavy atom. The van der Waals surface area contributed by atoms with E-state index >= 15 is 0 Å². The molecule has 14 heteroatoms. The lowest BCUT2D eigenvalue weighted by Gasteiger charge is -2.33. The fourth-order valence-electron chi connectivity index (χ4n) is 9.33. The monoisotopic (exact) mass is 917 g/mol. The molecule has 4 aliphatic rings. The molecule has 4 N–H and O–H groups in total. The van der Waals surface area contributed by atoms with Crippen LogP contribution in [-0.2, 0) is 35.5 Å². The molecule has 0 spiro atoms. The van der Waals surface area contributed by atoms with Crippen molar-refractivity contribution in [3.63, 3.8) is 0 Å². The standard InChI is InChI=1S/C26H32FN5O.C26H33N5O.ClH/c1-19-17-31(13-10-29-19)18-21-4-2-20(3-5-21)14-26(33)32-11-8-23(9-12-32)30-24-7-6-22(16-28)25(27)15-24;1-20-18-30(15-12-28-20)19-22-8-6-21(7-9-22)16-26(32)31-13-10-24(11-14-31)29-25-5-3-2-4-23(25)17-27;/h2-7,15,19,23,29-30H,8-14,17-18H2,1H3;2-9,20,24,28-29H,10-16,18-19H2,1H3;1H/t19-;20-;/m01./s1. The molecule has 2 amide bonds. The van der Waals surface area contributed by atoms with Crippen molar-refractivity contribution < 1.29 is 14.0 Å². The largest absolute Gasteiger partial charge is 0.382 e. The molecular weight excluding hydrogens is 851 g/mol. The summed E-state index contributed by atoms with van der Waals surface area (Å²) in [6.45, 7) is 15.6. The zero-order valence-corrected chi connectivity index (χ0v) is 39.3. The number of anilines is 2. The maximum atomic E-state index is 13.8. The molecule has 4 heterocycles. The van der Waals surface area contributed by atoms with Crippen molar-refractivity contribution in [3.05, 3.63) is 130 Å². The number of benzene rings is 4. The number of piperidine rings is 2. The van der Waals surface area contributed by atoms with Crippen LogP contribution < -0.4 is 21.3 Å². The van der Waals surface area contributed by atoms with E-state index in [-0.39, 0.29) is 35.8 Å². The van der Waals surface area contributed by atoms with Crippen LogP contribution in [-0.4, -0.2) is 121 Å². The second-order valence-electron chi connectivity index (χ2n) is 18.2. The molecule has 0 bridgehead atoms. The SMILES string of the molecule is C[C@@H]1CN(Cc2ccc(CC(=O)N3CCC(Nc4ccccc4C#N)CC3)cc2)CCN1.C[C@H]1CN(Cc2ccc(CC(=O)N3CCC(Nc4ccc(C#N)c(F)c4)CC3)cc2)CCN1.Cl. The third-order valence-corrected chi connectivity index (χ3v) is 13.0. The summed E-state index contributed by atoms with van der Waals surface area (Å²) in [6.07, 6.45) is 4.30. The zero-order chi connectivity index (χ0) is 45.5. The van der Waals surface area contributed by atoms with Crippen molar-refractivity contribution in [2.45, 2.75) is 89.6 Å². The molecule has 4 saturated heterocycles. The van der Waals surface area contributed by atoms with E-state index in [1.54, 1.807) is 6.07 Å². The molecule has 350 valence electrons. The molecule has 8 rings (SSSR count). The van der Waals surface area contributed by atoms with Crippen LogP contribution in [0.25, 0.3) is 0 Å². The zero-order valence-electron chi connectivity index (χ0n) is 38.5. The van der Waals surface area contributed by atoms with Crippen LogP contribution in [0.2, 0.25) is 0 Å². The molecule has 4 fully saturated rings. The smallest absolute Gasteiger partial charge is 0.226 e. The van der Waals surface area contributed by atoms with E-state index in [1.165, 1.54) is 23.3 Å². The number of nitrogens with zero attached hydrogens (tertiary/aromatic N) is 6. The van der Waals surface area contributed by atoms with Crippen LogP contribution in [0.3, 0.4) is 0 Å². The number of hydrogen-bond donors (Lipinski definition) is 4. The third-order valence-electron chi connectivity index (χ3n) is 13.0. The molecule has 4 aliphatic heterocycles. The van der Waals surface area contributed by atoms with Crippen molar-refractivity contribution >= 4 is 35.6 Å². The summed E-state index contributed by atoms with van der Waals surface area (Å²) in [6, 6.07) is 34.8. The Balaban J connectivity index is 0.000000215. The lowest BCUT2D eigenvalue weighted by molar-refractivity contribution is -0.132. The summed E-state index contributed by atoms with van der Waals surface area (Å²) in [5.41, 5.74) is 6.99. The molecule has 0 aliphatic carbocycles. The first kappa shape index (κ1) is 49.9. The highest BCUT2D eigenvalue weighted by molar-refractivity contribution is 5.85. The van der Waals surface area contributed by atoms with Crippen LogP contribution >= 0.6 is 12.4 Å². The first-order valence-electron chi connectivity index (χ1n) is 23.4. The normalized spacial score (nSPS) is 19.6. The van der Waals surface area contributed by atoms with E-state index in [2.05, 4.69) is 99.5 Å². The Hall–Kier alpha value is -5.54. The maximum Gasteiger partial charge on any atom is 0.226 e. The van der Waals surface area contributed by atoms with Crippen LogP contribution in [0.1, 0.15) is 72.9 Å². The molecule has 4 aromatic rings. The number of nitrogens with one attached hydrogen (secondary N) is 4. The molecular formula is C52H66ClFN10O2. The molecule has 0 radical (unpaired) electrons. The minimum atomic E-state index is -0.511. The van der Waals surface area contributed by atoms with Gasteiger partial charge in [-0.1, -0.05) is 60.7 Å². The van der Waals surface area contributed by atoms with Crippen LogP contribution in [0.15, 0.2) is 91.0 Å². The number of para-hydroxylation sites is 1. The number of halogens is 2. The molecule has 12 nitrogen and oxygen atoms in total. The van der Waals surface area contributed by atoms with Gasteiger partial charge in [-0.05, 0) is 92.1 Å². The Bertz CT molecular complexity index is 2270. The number of hydrogen-bond acceptors (Lipinski definition) is 10. The molecule has 66 heavy (non-hydrogen) atoms. The van der Waals surface area contributed by atoms with E-state index < -0.39 is 5.82 Å². The number of carbonyl (C=O) groups is 2. The van der Waals surface area contributed by atoms with Gasteiger partial charge in [0.15, 0.2) is 0 Å². The summed E-state index contributed by atoms with van der Waals surface area (Å²) in [5, 5.41) is 31.9. The Morgan fingerprint density at radius 3 is 1.53 bits per heavy atom. The van der Waals surface area contributed by atoms with Gasteiger partial charge in [0.25, 0.3) is 0 Å². The van der Waals surface area contributed by atoms with Gasteiger partial charge in [-0.2, -0.15) is 10.5 Å². The first-order chi connectivity index (χ1) is 31.6. The highest BCUT2D eigenvalue weighted by Gasteiger charge is 2.25. The van der Waals surface area contributed by atoms with Gasteiger partial charge in [-0.25, -0.2) is 4.39 Å². The topological polar surface area (TPSA) is 143 Å². The number of nitriles is 2. The van der Waals surface area contributed by atoms with Crippen LogP contribution in [0.5, 0.6) is 0 Å². The van der Waals surface area contributed by atoms with Gasteiger partial charge in [-0.15, -0.1) is 12.4 Å². The minimum absolute atomic E-state index is 0. The Labute approximate surface area is 396 Å². The Kier molecular flexibility index (Phi) is 18.8. The minimum Gasteiger partial charge on any atom is -0.382 e. The second kappa shape index (κ2) is 24.8. The quantitative estimate of drug-likeness (QED) is 0.124. The van der Waals surface area contributed by atoms with Crippen molar-refractivity contribution in [2.24, 2.45) is 0 Å². The maximum absolute atomic E-state index is 13.8. The van der Waals surface area contributed by atoms with Crippen LogP contribution in [0, 0.1) is 28.5 Å². The number of piperazine rings is 2. The van der Waals surface area contributed by atoms with Crippen molar-refractivity contribution in [1.82, 2.24) is 30.2 Å². The van der Waals surface area contributed by atoms with E-state index in [0.717, 1.165) is 108 Å². The lowest BCUT2D eigenvalue weighted by Crippen LogP contribution is -2.48. The first-order valence-corrected chi connectivity index (χ1v) is 23.4. The van der Waals surface area contributed by atoms with Gasteiger partial charge in [0.05, 0.1) is 29.7 Å². The highest BCUT2D eigenvalue weighted by atomic mass is 35.5. The second-order valence-corrected chi connectivity index (χ2v) is 18.2. The average molecular weight is 918 g/mol. The Morgan fingerprint density at radius 1 is 0.621 bits per heavy atom. The molecule has 0 saturated carbocycles. The molecule has 0 unspecified atom stereocenters. The summed E-state index contributed by atoms with van der Waals surface area (Å²) in [7, 11) is 0. The summed E-state index contributed by atoms with van der Waals surface area (Å²) >= 11 is 0. The predicted octanol–water partition coefficient (Wildman–Crippen LogP) is 6.56. The van der Waals surface area contributed by atoms with Gasteiger partial charge in [0.1, 0.15) is 18.0 Å². The van der Waals surface area contributed by atoms with Crippen LogP contribution in [0.4, 0.5) is 15.8 Å². The molecule has 2 atom stereocenters. The summed E-state index contributed by atoms with van der Waals surface area (Å²) in [5.74, 6) is -0.158. The van der Waals surface area contributed by atoms with E-state index in [9.17, 15) is 19.2 Å². The average Bonchev–Trinajstić information content (AvgIpc) is 3.31. The summed E-state index contributed by atoms with van der Waals surface area (Å²) < 4.78 is 13.8. The van der Waals surface area contributed by atoms with Crippen molar-refractivity contribution in [1.29, 1.82) is 10.5 Å². The van der Waals surface area contributed by atoms with Crippen molar-refractivity contribution in [2.75, 3.05) is 76.1 Å².